The maximum absolute atomic E-state index is 12.2. The summed E-state index contributed by atoms with van der Waals surface area (Å²) in [5.74, 6) is -0.325. The molecule has 1 amide bonds. The third-order valence-electron chi connectivity index (χ3n) is 3.67. The first-order valence-electron chi connectivity index (χ1n) is 8.46. The molecular formula is C18H30N2O4S. The van der Waals surface area contributed by atoms with Crippen molar-refractivity contribution in [2.45, 2.75) is 47.1 Å². The van der Waals surface area contributed by atoms with Crippen molar-refractivity contribution in [1.29, 1.82) is 0 Å². The molecule has 0 spiro atoms. The lowest BCUT2D eigenvalue weighted by atomic mass is 10.1. The fraction of sp³-hybridized carbons (Fsp3) is 0.611. The second-order valence-corrected chi connectivity index (χ2v) is 8.55. The quantitative estimate of drug-likeness (QED) is 0.677. The number of nitrogens with one attached hydrogen (secondary N) is 1. The van der Waals surface area contributed by atoms with Crippen molar-refractivity contribution >= 4 is 21.6 Å². The van der Waals surface area contributed by atoms with Crippen molar-refractivity contribution in [3.8, 4) is 0 Å². The molecule has 0 saturated carbocycles. The molecule has 0 heterocycles. The van der Waals surface area contributed by atoms with E-state index in [1.54, 1.807) is 0 Å². The van der Waals surface area contributed by atoms with Crippen molar-refractivity contribution < 1.29 is 17.9 Å². The van der Waals surface area contributed by atoms with E-state index in [-0.39, 0.29) is 18.6 Å². The standard InChI is InChI=1S/C18H30N2O4S/c1-13(2)24-9-7-8-19-17(21)12-20(25(6,22)23)18-15(4)10-14(3)11-16(18)5/h10-11,13H,7-9,12H2,1-6H3,(H,19,21). The summed E-state index contributed by atoms with van der Waals surface area (Å²) >= 11 is 0. The van der Waals surface area contributed by atoms with Gasteiger partial charge in [0.1, 0.15) is 6.54 Å². The predicted octanol–water partition coefficient (Wildman–Crippen LogP) is 2.31. The number of rotatable bonds is 9. The van der Waals surface area contributed by atoms with Gasteiger partial charge in [0.25, 0.3) is 0 Å². The van der Waals surface area contributed by atoms with Gasteiger partial charge < -0.3 is 10.1 Å². The second kappa shape index (κ2) is 9.20. The Morgan fingerprint density at radius 3 is 2.24 bits per heavy atom. The van der Waals surface area contributed by atoms with E-state index < -0.39 is 10.0 Å². The Labute approximate surface area is 151 Å². The van der Waals surface area contributed by atoms with Gasteiger partial charge >= 0.3 is 0 Å². The van der Waals surface area contributed by atoms with Crippen LogP contribution in [0.4, 0.5) is 5.69 Å². The number of ether oxygens (including phenoxy) is 1. The zero-order valence-electron chi connectivity index (χ0n) is 16.0. The zero-order chi connectivity index (χ0) is 19.2. The number of aryl methyl sites for hydroxylation is 3. The molecule has 0 atom stereocenters. The van der Waals surface area contributed by atoms with Crippen LogP contribution in [0.25, 0.3) is 0 Å². The molecule has 1 rings (SSSR count). The molecule has 0 aliphatic heterocycles. The van der Waals surface area contributed by atoms with Gasteiger partial charge in [-0.2, -0.15) is 0 Å². The molecule has 1 aromatic rings. The molecule has 0 radical (unpaired) electrons. The van der Waals surface area contributed by atoms with Crippen molar-refractivity contribution in [3.63, 3.8) is 0 Å². The third-order valence-corrected chi connectivity index (χ3v) is 4.78. The van der Waals surface area contributed by atoms with Crippen LogP contribution in [0.1, 0.15) is 37.0 Å². The SMILES string of the molecule is Cc1cc(C)c(N(CC(=O)NCCCOC(C)C)S(C)(=O)=O)c(C)c1. The van der Waals surface area contributed by atoms with Crippen molar-refractivity contribution in [1.82, 2.24) is 5.32 Å². The third kappa shape index (κ3) is 7.04. The van der Waals surface area contributed by atoms with Gasteiger partial charge in [-0.05, 0) is 52.2 Å². The number of sulfonamides is 1. The molecule has 0 aliphatic carbocycles. The number of carbonyl (C=O) groups excluding carboxylic acids is 1. The Bertz CT molecular complexity index is 676. The highest BCUT2D eigenvalue weighted by Gasteiger charge is 2.24. The number of carbonyl (C=O) groups is 1. The number of benzene rings is 1. The molecule has 0 unspecified atom stereocenters. The highest BCUT2D eigenvalue weighted by Crippen LogP contribution is 2.28. The molecule has 1 aromatic carbocycles. The molecule has 142 valence electrons. The number of hydrogen-bond acceptors (Lipinski definition) is 4. The van der Waals surface area contributed by atoms with Gasteiger partial charge in [-0.25, -0.2) is 8.42 Å². The van der Waals surface area contributed by atoms with E-state index in [0.717, 1.165) is 22.9 Å². The summed E-state index contributed by atoms with van der Waals surface area (Å²) in [6.45, 7) is 10.4. The Morgan fingerprint density at radius 1 is 1.20 bits per heavy atom. The van der Waals surface area contributed by atoms with Gasteiger partial charge in [0.05, 0.1) is 18.0 Å². The van der Waals surface area contributed by atoms with Crippen LogP contribution in [-0.4, -0.2) is 46.4 Å². The number of amides is 1. The number of hydrogen-bond donors (Lipinski definition) is 1. The van der Waals surface area contributed by atoms with E-state index in [9.17, 15) is 13.2 Å². The molecule has 1 N–H and O–H groups in total. The van der Waals surface area contributed by atoms with Crippen LogP contribution in [0.15, 0.2) is 12.1 Å². The van der Waals surface area contributed by atoms with Gasteiger partial charge in [0, 0.05) is 13.2 Å². The van der Waals surface area contributed by atoms with Crippen LogP contribution >= 0.6 is 0 Å². The van der Waals surface area contributed by atoms with Crippen LogP contribution in [-0.2, 0) is 19.6 Å². The Hall–Kier alpha value is -1.60. The van der Waals surface area contributed by atoms with Gasteiger partial charge in [0.2, 0.25) is 15.9 Å². The molecular weight excluding hydrogens is 340 g/mol. The van der Waals surface area contributed by atoms with Gasteiger partial charge in [-0.15, -0.1) is 0 Å². The zero-order valence-corrected chi connectivity index (χ0v) is 16.9. The van der Waals surface area contributed by atoms with Crippen molar-refractivity contribution in [2.24, 2.45) is 0 Å². The topological polar surface area (TPSA) is 75.7 Å². The lowest BCUT2D eigenvalue weighted by Gasteiger charge is -2.26. The summed E-state index contributed by atoms with van der Waals surface area (Å²) in [6.07, 6.45) is 1.96. The summed E-state index contributed by atoms with van der Waals surface area (Å²) in [5.41, 5.74) is 3.30. The Morgan fingerprint density at radius 2 is 1.76 bits per heavy atom. The van der Waals surface area contributed by atoms with Gasteiger partial charge in [0.15, 0.2) is 0 Å². The first-order valence-corrected chi connectivity index (χ1v) is 10.3. The van der Waals surface area contributed by atoms with E-state index in [1.165, 1.54) is 4.31 Å². The Balaban J connectivity index is 2.81. The smallest absolute Gasteiger partial charge is 0.240 e. The lowest BCUT2D eigenvalue weighted by Crippen LogP contribution is -2.41. The molecule has 0 saturated heterocycles. The average molecular weight is 371 g/mol. The predicted molar refractivity (Wildman–Crippen MR) is 102 cm³/mol. The van der Waals surface area contributed by atoms with E-state index >= 15 is 0 Å². The van der Waals surface area contributed by atoms with Crippen LogP contribution < -0.4 is 9.62 Å². The highest BCUT2D eigenvalue weighted by atomic mass is 32.2. The average Bonchev–Trinajstić information content (AvgIpc) is 2.43. The number of nitrogens with zero attached hydrogens (tertiary/aromatic N) is 1. The second-order valence-electron chi connectivity index (χ2n) is 6.64. The minimum Gasteiger partial charge on any atom is -0.379 e. The van der Waals surface area contributed by atoms with Crippen LogP contribution in [0.2, 0.25) is 0 Å². The van der Waals surface area contributed by atoms with E-state index in [4.69, 9.17) is 4.74 Å². The summed E-state index contributed by atoms with van der Waals surface area (Å²) in [7, 11) is -3.57. The molecule has 25 heavy (non-hydrogen) atoms. The van der Waals surface area contributed by atoms with Crippen LogP contribution in [0.5, 0.6) is 0 Å². The van der Waals surface area contributed by atoms with Crippen LogP contribution in [0, 0.1) is 20.8 Å². The normalized spacial score (nSPS) is 11.6. The molecule has 7 heteroatoms. The molecule has 0 aromatic heterocycles. The minimum atomic E-state index is -3.57. The molecule has 0 aliphatic rings. The van der Waals surface area contributed by atoms with Gasteiger partial charge in [-0.1, -0.05) is 17.7 Å². The fourth-order valence-electron chi connectivity index (χ4n) is 2.73. The summed E-state index contributed by atoms with van der Waals surface area (Å²) in [4.78, 5) is 12.2. The Kier molecular flexibility index (Phi) is 7.89. The first-order chi connectivity index (χ1) is 11.5. The number of anilines is 1. The van der Waals surface area contributed by atoms with Crippen LogP contribution in [0.3, 0.4) is 0 Å². The summed E-state index contributed by atoms with van der Waals surface area (Å²) in [6, 6.07) is 3.84. The van der Waals surface area contributed by atoms with Crippen molar-refractivity contribution in [3.05, 3.63) is 28.8 Å². The van der Waals surface area contributed by atoms with E-state index in [0.29, 0.717) is 25.3 Å². The fourth-order valence-corrected chi connectivity index (χ4v) is 3.70. The lowest BCUT2D eigenvalue weighted by molar-refractivity contribution is -0.119. The summed E-state index contributed by atoms with van der Waals surface area (Å²) in [5, 5.41) is 2.75. The first kappa shape index (κ1) is 21.4. The minimum absolute atomic E-state index is 0.156. The molecule has 6 nitrogen and oxygen atoms in total. The molecule has 0 fully saturated rings. The highest BCUT2D eigenvalue weighted by molar-refractivity contribution is 7.92. The maximum Gasteiger partial charge on any atom is 0.240 e. The van der Waals surface area contributed by atoms with E-state index in [1.807, 2.05) is 46.8 Å². The molecule has 0 bridgehead atoms. The summed E-state index contributed by atoms with van der Waals surface area (Å²) < 4.78 is 31.1. The maximum atomic E-state index is 12.2. The monoisotopic (exact) mass is 370 g/mol. The van der Waals surface area contributed by atoms with E-state index in [2.05, 4.69) is 5.32 Å². The largest absolute Gasteiger partial charge is 0.379 e. The van der Waals surface area contributed by atoms with Crippen molar-refractivity contribution in [2.75, 3.05) is 30.3 Å². The van der Waals surface area contributed by atoms with Gasteiger partial charge in [-0.3, -0.25) is 9.10 Å².